The number of rotatable bonds is 7. The molecule has 0 radical (unpaired) electrons. The topological polar surface area (TPSA) is 133 Å². The van der Waals surface area contributed by atoms with Gasteiger partial charge in [0.05, 0.1) is 35.4 Å². The number of non-ortho nitro benzene ring substituents is 1. The molecule has 1 aliphatic rings. The maximum atomic E-state index is 12.5. The summed E-state index contributed by atoms with van der Waals surface area (Å²) in [7, 11) is 0. The van der Waals surface area contributed by atoms with E-state index in [0.717, 1.165) is 17.0 Å². The first-order valence-electron chi connectivity index (χ1n) is 8.24. The molecule has 1 aromatic carbocycles. The SMILES string of the molecule is CCOC(=O)C(C(=O)OCC)C(C)N1C(=O)C(=O)c2cc([N+](=O)[O-])ccc21. The summed E-state index contributed by atoms with van der Waals surface area (Å²) in [5.74, 6) is -5.19. The molecule has 2 rings (SSSR count). The van der Waals surface area contributed by atoms with Crippen LogP contribution >= 0.6 is 0 Å². The number of ether oxygens (including phenoxy) is 2. The van der Waals surface area contributed by atoms with E-state index >= 15 is 0 Å². The molecular formula is C17H18N2O8. The standard InChI is InChI=1S/C17H18N2O8/c1-4-26-16(22)13(17(23)27-5-2)9(3)18-12-7-6-10(19(24)25)8-11(12)14(20)15(18)21/h6-9,13H,4-5H2,1-3H3. The minimum absolute atomic E-state index is 0.0110. The summed E-state index contributed by atoms with van der Waals surface area (Å²) in [5, 5.41) is 10.9. The third-order valence-electron chi connectivity index (χ3n) is 4.08. The van der Waals surface area contributed by atoms with E-state index in [1.807, 2.05) is 0 Å². The second-order valence-corrected chi connectivity index (χ2v) is 5.69. The van der Waals surface area contributed by atoms with E-state index in [1.165, 1.54) is 13.0 Å². The second-order valence-electron chi connectivity index (χ2n) is 5.69. The van der Waals surface area contributed by atoms with Gasteiger partial charge in [-0.15, -0.1) is 0 Å². The van der Waals surface area contributed by atoms with Crippen LogP contribution in [-0.4, -0.2) is 47.8 Å². The van der Waals surface area contributed by atoms with Crippen LogP contribution in [0.5, 0.6) is 0 Å². The van der Waals surface area contributed by atoms with Crippen LogP contribution in [0.4, 0.5) is 11.4 Å². The largest absolute Gasteiger partial charge is 0.465 e. The Morgan fingerprint density at radius 2 is 1.70 bits per heavy atom. The first-order valence-corrected chi connectivity index (χ1v) is 8.24. The zero-order chi connectivity index (χ0) is 20.3. The quantitative estimate of drug-likeness (QED) is 0.228. The van der Waals surface area contributed by atoms with E-state index < -0.39 is 40.5 Å². The maximum Gasteiger partial charge on any atom is 0.322 e. The summed E-state index contributed by atoms with van der Waals surface area (Å²) in [4.78, 5) is 60.4. The van der Waals surface area contributed by atoms with Crippen LogP contribution in [0.25, 0.3) is 0 Å². The number of hydrogen-bond acceptors (Lipinski definition) is 8. The number of hydrogen-bond donors (Lipinski definition) is 0. The van der Waals surface area contributed by atoms with E-state index in [2.05, 4.69) is 0 Å². The lowest BCUT2D eigenvalue weighted by molar-refractivity contribution is -0.384. The molecule has 0 bridgehead atoms. The number of Topliss-reactive ketones (excluding diaryl/α,β-unsaturated/α-hetero) is 1. The monoisotopic (exact) mass is 378 g/mol. The van der Waals surface area contributed by atoms with Crippen molar-refractivity contribution in [1.82, 2.24) is 0 Å². The first-order chi connectivity index (χ1) is 12.7. The smallest absolute Gasteiger partial charge is 0.322 e. The Kier molecular flexibility index (Phi) is 5.88. The van der Waals surface area contributed by atoms with Crippen LogP contribution in [-0.2, 0) is 23.9 Å². The summed E-state index contributed by atoms with van der Waals surface area (Å²) in [5.41, 5.74) is -0.425. The molecule has 0 saturated heterocycles. The first kappa shape index (κ1) is 20.0. The second kappa shape index (κ2) is 7.94. The molecule has 1 unspecified atom stereocenters. The van der Waals surface area contributed by atoms with E-state index in [-0.39, 0.29) is 30.2 Å². The number of fused-ring (bicyclic) bond motifs is 1. The van der Waals surface area contributed by atoms with Crippen molar-refractivity contribution in [1.29, 1.82) is 0 Å². The van der Waals surface area contributed by atoms with Crippen LogP contribution in [0, 0.1) is 16.0 Å². The van der Waals surface area contributed by atoms with Crippen molar-refractivity contribution < 1.29 is 33.6 Å². The Hall–Kier alpha value is -3.30. The van der Waals surface area contributed by atoms with Crippen LogP contribution in [0.2, 0.25) is 0 Å². The van der Waals surface area contributed by atoms with E-state index in [9.17, 15) is 29.3 Å². The molecule has 144 valence electrons. The summed E-state index contributed by atoms with van der Waals surface area (Å²) < 4.78 is 9.80. The van der Waals surface area contributed by atoms with Gasteiger partial charge in [-0.1, -0.05) is 0 Å². The van der Waals surface area contributed by atoms with Gasteiger partial charge < -0.3 is 14.4 Å². The predicted octanol–water partition coefficient (Wildman–Crippen LogP) is 1.25. The fraction of sp³-hybridized carbons (Fsp3) is 0.412. The fourth-order valence-corrected chi connectivity index (χ4v) is 2.87. The van der Waals surface area contributed by atoms with Gasteiger partial charge >= 0.3 is 11.9 Å². The Morgan fingerprint density at radius 1 is 1.15 bits per heavy atom. The molecule has 10 heteroatoms. The molecule has 1 atom stereocenters. The lowest BCUT2D eigenvalue weighted by atomic mass is 9.99. The highest BCUT2D eigenvalue weighted by molar-refractivity contribution is 6.52. The van der Waals surface area contributed by atoms with Crippen molar-refractivity contribution in [2.45, 2.75) is 26.8 Å². The molecular weight excluding hydrogens is 360 g/mol. The Morgan fingerprint density at radius 3 is 2.19 bits per heavy atom. The number of benzene rings is 1. The van der Waals surface area contributed by atoms with Crippen molar-refractivity contribution in [2.24, 2.45) is 5.92 Å². The number of nitro benzene ring substituents is 1. The fourth-order valence-electron chi connectivity index (χ4n) is 2.87. The van der Waals surface area contributed by atoms with Crippen molar-refractivity contribution in [3.8, 4) is 0 Å². The number of esters is 2. The summed E-state index contributed by atoms with van der Waals surface area (Å²) >= 11 is 0. The number of ketones is 1. The van der Waals surface area contributed by atoms with E-state index in [4.69, 9.17) is 9.47 Å². The van der Waals surface area contributed by atoms with Crippen LogP contribution in [0.3, 0.4) is 0 Å². The van der Waals surface area contributed by atoms with Gasteiger partial charge in [-0.25, -0.2) is 0 Å². The summed E-state index contributed by atoms with van der Waals surface area (Å²) in [6.07, 6.45) is 0. The summed E-state index contributed by atoms with van der Waals surface area (Å²) in [6, 6.07) is 2.27. The molecule has 1 heterocycles. The van der Waals surface area contributed by atoms with Gasteiger partial charge in [0, 0.05) is 12.1 Å². The lowest BCUT2D eigenvalue weighted by Crippen LogP contribution is -2.48. The number of nitro groups is 1. The van der Waals surface area contributed by atoms with Gasteiger partial charge in [0.1, 0.15) is 0 Å². The molecule has 0 fully saturated rings. The zero-order valence-corrected chi connectivity index (χ0v) is 15.0. The number of carbonyl (C=O) groups is 4. The number of amides is 1. The average molecular weight is 378 g/mol. The van der Waals surface area contributed by atoms with Crippen LogP contribution < -0.4 is 4.90 Å². The molecule has 0 aromatic heterocycles. The molecule has 27 heavy (non-hydrogen) atoms. The van der Waals surface area contributed by atoms with Gasteiger partial charge in [0.2, 0.25) is 0 Å². The van der Waals surface area contributed by atoms with Gasteiger partial charge in [0.25, 0.3) is 17.4 Å². The molecule has 1 aliphatic heterocycles. The third-order valence-corrected chi connectivity index (χ3v) is 4.08. The molecule has 0 N–H and O–H groups in total. The molecule has 10 nitrogen and oxygen atoms in total. The normalized spacial score (nSPS) is 14.1. The molecule has 1 aromatic rings. The predicted molar refractivity (Wildman–Crippen MR) is 91.1 cm³/mol. The van der Waals surface area contributed by atoms with Gasteiger partial charge in [-0.2, -0.15) is 0 Å². The molecule has 0 saturated carbocycles. The van der Waals surface area contributed by atoms with Crippen molar-refractivity contribution in [3.05, 3.63) is 33.9 Å². The maximum absolute atomic E-state index is 12.5. The highest BCUT2D eigenvalue weighted by atomic mass is 16.6. The van der Waals surface area contributed by atoms with Crippen molar-refractivity contribution in [2.75, 3.05) is 18.1 Å². The van der Waals surface area contributed by atoms with Crippen LogP contribution in [0.15, 0.2) is 18.2 Å². The lowest BCUT2D eigenvalue weighted by Gasteiger charge is -2.29. The van der Waals surface area contributed by atoms with Gasteiger partial charge in [-0.3, -0.25) is 29.3 Å². The number of nitrogens with zero attached hydrogens (tertiary/aromatic N) is 2. The molecule has 0 spiro atoms. The number of anilines is 1. The Bertz CT molecular complexity index is 801. The van der Waals surface area contributed by atoms with Crippen molar-refractivity contribution in [3.63, 3.8) is 0 Å². The Balaban J connectivity index is 2.47. The van der Waals surface area contributed by atoms with Gasteiger partial charge in [-0.05, 0) is 26.8 Å². The minimum atomic E-state index is -1.47. The van der Waals surface area contributed by atoms with E-state index in [0.29, 0.717) is 0 Å². The minimum Gasteiger partial charge on any atom is -0.465 e. The molecule has 0 aliphatic carbocycles. The highest BCUT2D eigenvalue weighted by Gasteiger charge is 2.46. The van der Waals surface area contributed by atoms with Crippen molar-refractivity contribution >= 4 is 35.0 Å². The van der Waals surface area contributed by atoms with E-state index in [1.54, 1.807) is 13.8 Å². The average Bonchev–Trinajstić information content (AvgIpc) is 2.86. The molecule has 1 amide bonds. The van der Waals surface area contributed by atoms with Gasteiger partial charge in [0.15, 0.2) is 5.92 Å². The Labute approximate surface area is 154 Å². The highest BCUT2D eigenvalue weighted by Crippen LogP contribution is 2.35. The summed E-state index contributed by atoms with van der Waals surface area (Å²) in [6.45, 7) is 4.54. The zero-order valence-electron chi connectivity index (χ0n) is 15.0. The van der Waals surface area contributed by atoms with Crippen LogP contribution in [0.1, 0.15) is 31.1 Å². The number of carbonyl (C=O) groups excluding carboxylic acids is 4. The third kappa shape index (κ3) is 3.64.